The molecule has 4 rings (SSSR count). The minimum absolute atomic E-state index is 0.0877. The molecule has 1 amide bonds. The third-order valence-electron chi connectivity index (χ3n) is 5.44. The number of nitrogens with zero attached hydrogens (tertiary/aromatic N) is 3. The van der Waals surface area contributed by atoms with E-state index in [4.69, 9.17) is 5.73 Å². The number of amides is 1. The average molecular weight is 393 g/mol. The molecule has 7 heteroatoms. The number of nitrogens with two attached hydrogens (primary N) is 1. The number of anilines is 1. The van der Waals surface area contributed by atoms with Crippen LogP contribution in [0.25, 0.3) is 16.6 Å². The Morgan fingerprint density at radius 3 is 2.59 bits per heavy atom. The summed E-state index contributed by atoms with van der Waals surface area (Å²) in [6, 6.07) is 6.59. The van der Waals surface area contributed by atoms with Crippen LogP contribution in [0.5, 0.6) is 0 Å². The zero-order valence-electron chi connectivity index (χ0n) is 16.9. The van der Waals surface area contributed by atoms with E-state index in [2.05, 4.69) is 40.6 Å². The largest absolute Gasteiger partial charge is 0.380 e. The highest BCUT2D eigenvalue weighted by atomic mass is 16.1. The van der Waals surface area contributed by atoms with Gasteiger partial charge in [0, 0.05) is 42.3 Å². The van der Waals surface area contributed by atoms with Gasteiger partial charge in [-0.05, 0) is 63.3 Å². The molecule has 0 unspecified atom stereocenters. The molecular formula is C22H28N6O. The van der Waals surface area contributed by atoms with E-state index in [1.165, 1.54) is 0 Å². The Morgan fingerprint density at radius 2 is 1.90 bits per heavy atom. The van der Waals surface area contributed by atoms with E-state index in [1.807, 2.05) is 22.8 Å². The molecule has 0 atom stereocenters. The van der Waals surface area contributed by atoms with Crippen molar-refractivity contribution in [3.05, 3.63) is 48.5 Å². The van der Waals surface area contributed by atoms with E-state index >= 15 is 0 Å². The SMILES string of the molecule is CC(C)Nc1c(C(=O)N[C@H]2CC[C@H](N)CC2)cnn2cc(-c3ccncc3)cc12. The zero-order valence-corrected chi connectivity index (χ0v) is 16.9. The Morgan fingerprint density at radius 1 is 1.17 bits per heavy atom. The summed E-state index contributed by atoms with van der Waals surface area (Å²) in [7, 11) is 0. The molecule has 3 aromatic rings. The molecule has 3 aromatic heterocycles. The molecule has 0 spiro atoms. The minimum atomic E-state index is -0.0877. The first-order valence-corrected chi connectivity index (χ1v) is 10.3. The minimum Gasteiger partial charge on any atom is -0.380 e. The van der Waals surface area contributed by atoms with Crippen molar-refractivity contribution in [1.82, 2.24) is 19.9 Å². The number of hydrogen-bond donors (Lipinski definition) is 3. The molecule has 1 aliphatic rings. The number of nitrogens with one attached hydrogen (secondary N) is 2. The third-order valence-corrected chi connectivity index (χ3v) is 5.44. The van der Waals surface area contributed by atoms with Crippen LogP contribution < -0.4 is 16.4 Å². The van der Waals surface area contributed by atoms with Crippen molar-refractivity contribution in [2.45, 2.75) is 57.7 Å². The molecule has 3 heterocycles. The van der Waals surface area contributed by atoms with Crippen molar-refractivity contribution < 1.29 is 4.79 Å². The van der Waals surface area contributed by atoms with Gasteiger partial charge in [0.2, 0.25) is 0 Å². The lowest BCUT2D eigenvalue weighted by Gasteiger charge is -2.27. The van der Waals surface area contributed by atoms with Crippen LogP contribution >= 0.6 is 0 Å². The normalized spacial score (nSPS) is 19.4. The summed E-state index contributed by atoms with van der Waals surface area (Å²) in [5.74, 6) is -0.0877. The van der Waals surface area contributed by atoms with Crippen molar-refractivity contribution in [2.75, 3.05) is 5.32 Å². The van der Waals surface area contributed by atoms with E-state index in [1.54, 1.807) is 18.6 Å². The summed E-state index contributed by atoms with van der Waals surface area (Å²) in [6.07, 6.45) is 10.9. The lowest BCUT2D eigenvalue weighted by Crippen LogP contribution is -2.40. The summed E-state index contributed by atoms with van der Waals surface area (Å²) in [5.41, 5.74) is 10.3. The topological polar surface area (TPSA) is 97.3 Å². The number of carbonyl (C=O) groups is 1. The van der Waals surface area contributed by atoms with E-state index < -0.39 is 0 Å². The predicted molar refractivity (Wildman–Crippen MR) is 115 cm³/mol. The first-order valence-electron chi connectivity index (χ1n) is 10.3. The van der Waals surface area contributed by atoms with Gasteiger partial charge in [-0.1, -0.05) is 0 Å². The van der Waals surface area contributed by atoms with Gasteiger partial charge in [0.25, 0.3) is 5.91 Å². The maximum Gasteiger partial charge on any atom is 0.255 e. The van der Waals surface area contributed by atoms with E-state index in [-0.39, 0.29) is 24.0 Å². The van der Waals surface area contributed by atoms with Gasteiger partial charge < -0.3 is 16.4 Å². The summed E-state index contributed by atoms with van der Waals surface area (Å²) < 4.78 is 1.82. The molecule has 29 heavy (non-hydrogen) atoms. The maximum absolute atomic E-state index is 13.1. The number of fused-ring (bicyclic) bond motifs is 1. The standard InChI is InChI=1S/C22H28N6O/c1-14(2)26-21-19(22(29)27-18-5-3-17(23)4-6-18)12-25-28-13-16(11-20(21)28)15-7-9-24-10-8-15/h7-14,17-18,26H,3-6,23H2,1-2H3,(H,27,29)/t17-,18-. The monoisotopic (exact) mass is 392 g/mol. The van der Waals surface area contributed by atoms with Gasteiger partial charge in [-0.15, -0.1) is 0 Å². The van der Waals surface area contributed by atoms with Crippen molar-refractivity contribution in [1.29, 1.82) is 0 Å². The predicted octanol–water partition coefficient (Wildman–Crippen LogP) is 3.22. The molecule has 4 N–H and O–H groups in total. The highest BCUT2D eigenvalue weighted by molar-refractivity contribution is 6.03. The number of carbonyl (C=O) groups excluding carboxylic acids is 1. The van der Waals surface area contributed by atoms with Crippen LogP contribution in [0.1, 0.15) is 49.9 Å². The Balaban J connectivity index is 1.68. The van der Waals surface area contributed by atoms with Gasteiger partial charge in [0.1, 0.15) is 0 Å². The Labute approximate surface area is 170 Å². The highest BCUT2D eigenvalue weighted by Gasteiger charge is 2.23. The lowest BCUT2D eigenvalue weighted by atomic mass is 9.91. The molecule has 1 aliphatic carbocycles. The van der Waals surface area contributed by atoms with Crippen LogP contribution in [0, 0.1) is 0 Å². The Hall–Kier alpha value is -2.93. The summed E-state index contributed by atoms with van der Waals surface area (Å²) in [6.45, 7) is 4.13. The number of hydrogen-bond acceptors (Lipinski definition) is 5. The van der Waals surface area contributed by atoms with Gasteiger partial charge in [-0.3, -0.25) is 9.78 Å². The molecule has 0 bridgehead atoms. The van der Waals surface area contributed by atoms with Crippen LogP contribution in [0.3, 0.4) is 0 Å². The summed E-state index contributed by atoms with van der Waals surface area (Å²) >= 11 is 0. The molecule has 1 saturated carbocycles. The quantitative estimate of drug-likeness (QED) is 0.619. The molecular weight excluding hydrogens is 364 g/mol. The molecule has 0 aromatic carbocycles. The van der Waals surface area contributed by atoms with Crippen molar-refractivity contribution in [2.24, 2.45) is 5.73 Å². The summed E-state index contributed by atoms with van der Waals surface area (Å²) in [5, 5.41) is 11.1. The van der Waals surface area contributed by atoms with Crippen LogP contribution in [0.4, 0.5) is 5.69 Å². The maximum atomic E-state index is 13.1. The van der Waals surface area contributed by atoms with E-state index in [0.717, 1.165) is 48.0 Å². The second kappa shape index (κ2) is 8.21. The Bertz CT molecular complexity index is 989. The van der Waals surface area contributed by atoms with Crippen LogP contribution in [-0.4, -0.2) is 38.6 Å². The fourth-order valence-corrected chi connectivity index (χ4v) is 3.90. The molecule has 7 nitrogen and oxygen atoms in total. The fourth-order valence-electron chi connectivity index (χ4n) is 3.90. The fraction of sp³-hybridized carbons (Fsp3) is 0.409. The highest BCUT2D eigenvalue weighted by Crippen LogP contribution is 2.29. The number of pyridine rings is 1. The van der Waals surface area contributed by atoms with Crippen LogP contribution in [-0.2, 0) is 0 Å². The van der Waals surface area contributed by atoms with Crippen LogP contribution in [0.2, 0.25) is 0 Å². The van der Waals surface area contributed by atoms with Crippen LogP contribution in [0.15, 0.2) is 43.0 Å². The molecule has 0 aliphatic heterocycles. The smallest absolute Gasteiger partial charge is 0.255 e. The molecule has 0 radical (unpaired) electrons. The third kappa shape index (κ3) is 4.24. The second-order valence-electron chi connectivity index (χ2n) is 8.11. The van der Waals surface area contributed by atoms with Crippen molar-refractivity contribution >= 4 is 17.1 Å². The summed E-state index contributed by atoms with van der Waals surface area (Å²) in [4.78, 5) is 17.2. The lowest BCUT2D eigenvalue weighted by molar-refractivity contribution is 0.0926. The van der Waals surface area contributed by atoms with E-state index in [0.29, 0.717) is 5.56 Å². The first kappa shape index (κ1) is 19.4. The molecule has 1 fully saturated rings. The van der Waals surface area contributed by atoms with Gasteiger partial charge in [-0.25, -0.2) is 4.52 Å². The average Bonchev–Trinajstić information content (AvgIpc) is 3.15. The zero-order chi connectivity index (χ0) is 20.4. The van der Waals surface area contributed by atoms with Gasteiger partial charge in [-0.2, -0.15) is 5.10 Å². The van der Waals surface area contributed by atoms with Gasteiger partial charge in [0.15, 0.2) is 0 Å². The van der Waals surface area contributed by atoms with Crippen molar-refractivity contribution in [3.8, 4) is 11.1 Å². The Kier molecular flexibility index (Phi) is 5.49. The molecule has 152 valence electrons. The van der Waals surface area contributed by atoms with Gasteiger partial charge in [0.05, 0.1) is 23.0 Å². The van der Waals surface area contributed by atoms with Gasteiger partial charge >= 0.3 is 0 Å². The number of aromatic nitrogens is 3. The first-order chi connectivity index (χ1) is 14.0. The number of rotatable bonds is 5. The second-order valence-corrected chi connectivity index (χ2v) is 8.11. The molecule has 0 saturated heterocycles. The van der Waals surface area contributed by atoms with E-state index in [9.17, 15) is 4.79 Å². The van der Waals surface area contributed by atoms with Crippen molar-refractivity contribution in [3.63, 3.8) is 0 Å².